The van der Waals surface area contributed by atoms with Crippen LogP contribution < -0.4 is 0 Å². The topological polar surface area (TPSA) is 12.5 Å². The first-order valence-electron chi connectivity index (χ1n) is 7.55. The van der Waals surface area contributed by atoms with E-state index >= 15 is 0 Å². The van der Waals surface area contributed by atoms with Crippen molar-refractivity contribution < 1.29 is 4.74 Å². The molecule has 2 nitrogen and oxygen atoms in total. The van der Waals surface area contributed by atoms with Crippen molar-refractivity contribution in [3.05, 3.63) is 0 Å². The highest BCUT2D eigenvalue weighted by Gasteiger charge is 2.28. The fraction of sp³-hybridized carbons (Fsp3) is 1.00. The molecule has 0 unspecified atom stereocenters. The SMILES string of the molecule is CC(C)(C)OCCCN1CCC(C(C)(C)C)CC1. The first-order chi connectivity index (χ1) is 8.18. The van der Waals surface area contributed by atoms with Crippen LogP contribution in [0.4, 0.5) is 0 Å². The average molecular weight is 255 g/mol. The second-order valence-corrected chi connectivity index (χ2v) is 7.80. The molecule has 0 aliphatic carbocycles. The van der Waals surface area contributed by atoms with Gasteiger partial charge in [0.05, 0.1) is 5.60 Å². The second-order valence-electron chi connectivity index (χ2n) is 7.80. The molecule has 0 spiro atoms. The molecule has 0 saturated carbocycles. The Morgan fingerprint density at radius 3 is 2.00 bits per heavy atom. The number of rotatable bonds is 4. The second kappa shape index (κ2) is 6.38. The van der Waals surface area contributed by atoms with E-state index in [9.17, 15) is 0 Å². The quantitative estimate of drug-likeness (QED) is 0.705. The van der Waals surface area contributed by atoms with Gasteiger partial charge in [-0.3, -0.25) is 0 Å². The highest BCUT2D eigenvalue weighted by molar-refractivity contribution is 4.80. The summed E-state index contributed by atoms with van der Waals surface area (Å²) < 4.78 is 5.77. The summed E-state index contributed by atoms with van der Waals surface area (Å²) in [6.07, 6.45) is 3.89. The Balaban J connectivity index is 2.13. The molecular weight excluding hydrogens is 222 g/mol. The molecule has 1 aliphatic rings. The lowest BCUT2D eigenvalue weighted by Gasteiger charge is -2.38. The minimum atomic E-state index is 0.0131. The van der Waals surface area contributed by atoms with Crippen molar-refractivity contribution in [2.45, 2.75) is 66.4 Å². The van der Waals surface area contributed by atoms with Gasteiger partial charge in [-0.15, -0.1) is 0 Å². The highest BCUT2D eigenvalue weighted by atomic mass is 16.5. The maximum Gasteiger partial charge on any atom is 0.0598 e. The smallest absolute Gasteiger partial charge is 0.0598 e. The van der Waals surface area contributed by atoms with Gasteiger partial charge in [0.2, 0.25) is 0 Å². The van der Waals surface area contributed by atoms with E-state index in [1.807, 2.05) is 0 Å². The van der Waals surface area contributed by atoms with Crippen LogP contribution in [0.5, 0.6) is 0 Å². The summed E-state index contributed by atoms with van der Waals surface area (Å²) in [4.78, 5) is 2.61. The molecule has 0 amide bonds. The van der Waals surface area contributed by atoms with Crippen LogP contribution in [0.15, 0.2) is 0 Å². The number of likely N-dealkylation sites (tertiary alicyclic amines) is 1. The molecule has 1 rings (SSSR count). The molecule has 1 fully saturated rings. The minimum absolute atomic E-state index is 0.0131. The zero-order chi connectivity index (χ0) is 13.8. The van der Waals surface area contributed by atoms with Crippen LogP contribution in [-0.2, 0) is 4.74 Å². The van der Waals surface area contributed by atoms with Crippen molar-refractivity contribution in [1.82, 2.24) is 4.90 Å². The van der Waals surface area contributed by atoms with E-state index < -0.39 is 0 Å². The molecular formula is C16H33NO. The number of hydrogen-bond donors (Lipinski definition) is 0. The zero-order valence-corrected chi connectivity index (χ0v) is 13.4. The van der Waals surface area contributed by atoms with Crippen LogP contribution in [-0.4, -0.2) is 36.7 Å². The Morgan fingerprint density at radius 2 is 1.56 bits per heavy atom. The van der Waals surface area contributed by atoms with Gasteiger partial charge in [-0.05, 0) is 64.5 Å². The predicted molar refractivity (Wildman–Crippen MR) is 78.9 cm³/mol. The maximum atomic E-state index is 5.77. The lowest BCUT2D eigenvalue weighted by Crippen LogP contribution is -2.38. The van der Waals surface area contributed by atoms with E-state index in [2.05, 4.69) is 46.4 Å². The summed E-state index contributed by atoms with van der Waals surface area (Å²) in [7, 11) is 0. The van der Waals surface area contributed by atoms with Crippen LogP contribution in [0.25, 0.3) is 0 Å². The molecule has 1 aliphatic heterocycles. The number of piperidine rings is 1. The maximum absolute atomic E-state index is 5.77. The van der Waals surface area contributed by atoms with Gasteiger partial charge < -0.3 is 9.64 Å². The van der Waals surface area contributed by atoms with Gasteiger partial charge in [-0.25, -0.2) is 0 Å². The van der Waals surface area contributed by atoms with Gasteiger partial charge in [0.1, 0.15) is 0 Å². The Labute approximate surface area is 114 Å². The van der Waals surface area contributed by atoms with Crippen molar-refractivity contribution in [3.63, 3.8) is 0 Å². The van der Waals surface area contributed by atoms with Gasteiger partial charge >= 0.3 is 0 Å². The molecule has 1 saturated heterocycles. The number of nitrogens with zero attached hydrogens (tertiary/aromatic N) is 1. The van der Waals surface area contributed by atoms with E-state index in [0.717, 1.165) is 18.9 Å². The Hall–Kier alpha value is -0.0800. The first-order valence-corrected chi connectivity index (χ1v) is 7.55. The average Bonchev–Trinajstić information content (AvgIpc) is 2.22. The van der Waals surface area contributed by atoms with Gasteiger partial charge in [0.25, 0.3) is 0 Å². The van der Waals surface area contributed by atoms with Gasteiger partial charge in [-0.1, -0.05) is 20.8 Å². The lowest BCUT2D eigenvalue weighted by molar-refractivity contribution is -0.00859. The summed E-state index contributed by atoms with van der Waals surface area (Å²) in [5, 5.41) is 0. The summed E-state index contributed by atoms with van der Waals surface area (Å²) in [5.74, 6) is 0.902. The monoisotopic (exact) mass is 255 g/mol. The van der Waals surface area contributed by atoms with Crippen molar-refractivity contribution in [3.8, 4) is 0 Å². The van der Waals surface area contributed by atoms with Crippen molar-refractivity contribution >= 4 is 0 Å². The van der Waals surface area contributed by atoms with Crippen LogP contribution in [0.3, 0.4) is 0 Å². The summed E-state index contributed by atoms with van der Waals surface area (Å²) in [6, 6.07) is 0. The number of hydrogen-bond acceptors (Lipinski definition) is 2. The van der Waals surface area contributed by atoms with E-state index in [1.54, 1.807) is 0 Å². The zero-order valence-electron chi connectivity index (χ0n) is 13.4. The molecule has 2 heteroatoms. The molecule has 0 bridgehead atoms. The standard InChI is InChI=1S/C16H33NO/c1-15(2,3)14-8-11-17(12-9-14)10-7-13-18-16(4,5)6/h14H,7-13H2,1-6H3. The van der Waals surface area contributed by atoms with Crippen molar-refractivity contribution in [2.75, 3.05) is 26.2 Å². The largest absolute Gasteiger partial charge is 0.376 e. The van der Waals surface area contributed by atoms with Crippen LogP contribution in [0.1, 0.15) is 60.8 Å². The van der Waals surface area contributed by atoms with Crippen LogP contribution in [0, 0.1) is 11.3 Å². The third-order valence-corrected chi connectivity index (χ3v) is 3.97. The summed E-state index contributed by atoms with van der Waals surface area (Å²) >= 11 is 0. The highest BCUT2D eigenvalue weighted by Crippen LogP contribution is 2.34. The van der Waals surface area contributed by atoms with E-state index in [0.29, 0.717) is 5.41 Å². The van der Waals surface area contributed by atoms with Crippen molar-refractivity contribution in [2.24, 2.45) is 11.3 Å². The fourth-order valence-corrected chi connectivity index (χ4v) is 2.69. The van der Waals surface area contributed by atoms with Gasteiger partial charge in [0.15, 0.2) is 0 Å². The molecule has 0 radical (unpaired) electrons. The van der Waals surface area contributed by atoms with E-state index in [4.69, 9.17) is 4.74 Å². The molecule has 0 aromatic heterocycles. The Morgan fingerprint density at radius 1 is 1.00 bits per heavy atom. The summed E-state index contributed by atoms with van der Waals surface area (Å²) in [5.41, 5.74) is 0.501. The Kier molecular flexibility index (Phi) is 5.67. The lowest BCUT2D eigenvalue weighted by atomic mass is 9.75. The van der Waals surface area contributed by atoms with Crippen LogP contribution in [0.2, 0.25) is 0 Å². The Bertz CT molecular complexity index is 228. The van der Waals surface area contributed by atoms with Crippen molar-refractivity contribution in [1.29, 1.82) is 0 Å². The van der Waals surface area contributed by atoms with E-state index in [1.165, 1.54) is 32.5 Å². The first kappa shape index (κ1) is 16.0. The fourth-order valence-electron chi connectivity index (χ4n) is 2.69. The molecule has 0 atom stereocenters. The molecule has 0 aromatic rings. The van der Waals surface area contributed by atoms with E-state index in [-0.39, 0.29) is 5.60 Å². The number of ether oxygens (including phenoxy) is 1. The molecule has 1 heterocycles. The summed E-state index contributed by atoms with van der Waals surface area (Å²) in [6.45, 7) is 18.2. The molecule has 0 N–H and O–H groups in total. The van der Waals surface area contributed by atoms with Gasteiger partial charge in [-0.2, -0.15) is 0 Å². The van der Waals surface area contributed by atoms with Crippen LogP contribution >= 0.6 is 0 Å². The minimum Gasteiger partial charge on any atom is -0.376 e. The van der Waals surface area contributed by atoms with Gasteiger partial charge in [0, 0.05) is 13.2 Å². The third-order valence-electron chi connectivity index (χ3n) is 3.97. The third kappa shape index (κ3) is 6.19. The molecule has 108 valence electrons. The molecule has 18 heavy (non-hydrogen) atoms. The normalized spacial score (nSPS) is 20.3. The molecule has 0 aromatic carbocycles. The predicted octanol–water partition coefficient (Wildman–Crippen LogP) is 3.95.